The summed E-state index contributed by atoms with van der Waals surface area (Å²) in [6.07, 6.45) is 16.2. The van der Waals surface area contributed by atoms with Crippen LogP contribution in [0.2, 0.25) is 30.3 Å². The fourth-order valence-electron chi connectivity index (χ4n) is 18.2. The molecule has 0 spiro atoms. The van der Waals surface area contributed by atoms with E-state index >= 15 is 0 Å². The molecule has 5 saturated carbocycles. The van der Waals surface area contributed by atoms with Crippen LogP contribution in [0.4, 0.5) is 39.4 Å². The lowest BCUT2D eigenvalue weighted by atomic mass is 10.1. The van der Waals surface area contributed by atoms with Gasteiger partial charge in [-0.1, -0.05) is 130 Å². The molecule has 2 amide bonds. The van der Waals surface area contributed by atoms with Crippen LogP contribution in [0.15, 0.2) is 177 Å². The molecule has 0 bridgehead atoms. The zero-order chi connectivity index (χ0) is 101. The van der Waals surface area contributed by atoms with E-state index in [9.17, 15) is 43.2 Å². The van der Waals surface area contributed by atoms with Gasteiger partial charge in [0, 0.05) is 65.7 Å². The van der Waals surface area contributed by atoms with E-state index in [1.807, 2.05) is 138 Å². The van der Waals surface area contributed by atoms with Gasteiger partial charge in [-0.3, -0.25) is 54.0 Å². The number of hydrogen-bond acceptors (Lipinski definition) is 28. The molecule has 5 aliphatic carbocycles. The van der Waals surface area contributed by atoms with Gasteiger partial charge in [0.05, 0.1) is 105 Å². The number of halogens is 7. The summed E-state index contributed by atoms with van der Waals surface area (Å²) in [6.45, 7) is 9.69. The monoisotopic (exact) mass is 2050 g/mol. The summed E-state index contributed by atoms with van der Waals surface area (Å²) in [5, 5.41) is 66.6. The van der Waals surface area contributed by atoms with E-state index in [4.69, 9.17) is 81.1 Å². The molecule has 39 nitrogen and oxygen atoms in total. The molecular formula is C98H87Cl6FN32O7. The number of aromatic nitrogens is 23. The van der Waals surface area contributed by atoms with Gasteiger partial charge in [0.15, 0.2) is 34.2 Å². The van der Waals surface area contributed by atoms with Crippen molar-refractivity contribution >= 4 is 214 Å². The molecule has 0 saturated heterocycles. The Morgan fingerprint density at radius 3 is 0.979 bits per heavy atom. The Morgan fingerprint density at radius 1 is 0.389 bits per heavy atom. The number of aromatic amines is 4. The van der Waals surface area contributed by atoms with Gasteiger partial charge in [0.25, 0.3) is 39.6 Å². The predicted octanol–water partition coefficient (Wildman–Crippen LogP) is 18.0. The van der Waals surface area contributed by atoms with Crippen LogP contribution in [0.3, 0.4) is 0 Å². The van der Waals surface area contributed by atoms with Crippen molar-refractivity contribution in [2.45, 2.75) is 159 Å². The first kappa shape index (κ1) is 95.9. The van der Waals surface area contributed by atoms with E-state index in [1.165, 1.54) is 25.3 Å². The molecule has 14 aromatic heterocycles. The minimum absolute atomic E-state index is 0.00554. The highest BCUT2D eigenvalue weighted by Gasteiger charge is 2.37. The molecule has 0 radical (unpaired) electrons. The Balaban J connectivity index is 0.000000110. The summed E-state index contributed by atoms with van der Waals surface area (Å²) in [5.41, 5.74) is 17.0. The maximum absolute atomic E-state index is 14.0. The molecule has 0 aliphatic heterocycles. The second-order valence-electron chi connectivity index (χ2n) is 35.7. The average Bonchev–Trinajstić information content (AvgIpc) is 1.66. The number of benzene rings is 5. The molecule has 144 heavy (non-hydrogen) atoms. The third-order valence-electron chi connectivity index (χ3n) is 25.8. The number of hydrogen-bond donors (Lipinski definition) is 12. The molecule has 19 aromatic rings. The zero-order valence-electron chi connectivity index (χ0n) is 77.4. The molecule has 5 aromatic carbocycles. The van der Waals surface area contributed by atoms with Crippen molar-refractivity contribution in [3.63, 3.8) is 0 Å². The lowest BCUT2D eigenvalue weighted by Crippen LogP contribution is -2.26. The highest BCUT2D eigenvalue weighted by Crippen LogP contribution is 2.45. The first-order valence-corrected chi connectivity index (χ1v) is 48.4. The van der Waals surface area contributed by atoms with Crippen LogP contribution in [0.5, 0.6) is 0 Å². The molecule has 46 heteroatoms. The van der Waals surface area contributed by atoms with E-state index in [1.54, 1.807) is 48.0 Å². The van der Waals surface area contributed by atoms with Gasteiger partial charge in [0.1, 0.15) is 82.3 Å². The van der Waals surface area contributed by atoms with Crippen LogP contribution >= 0.6 is 69.6 Å². The third kappa shape index (κ3) is 18.6. The smallest absolute Gasteiger partial charge is 0.269 e. The largest absolute Gasteiger partial charge is 0.368 e. The molecule has 5 fully saturated rings. The lowest BCUT2D eigenvalue weighted by Gasteiger charge is -2.21. The van der Waals surface area contributed by atoms with Gasteiger partial charge in [-0.2, -0.15) is 30.6 Å². The summed E-state index contributed by atoms with van der Waals surface area (Å²) < 4.78 is 23.1. The molecule has 14 N–H and O–H groups in total. The minimum atomic E-state index is -0.654. The normalized spacial score (nSPS) is 14.9. The van der Waals surface area contributed by atoms with Gasteiger partial charge in [-0.15, -0.1) is 0 Å². The summed E-state index contributed by atoms with van der Waals surface area (Å²) in [4.78, 5) is 131. The number of H-pyrrole nitrogens is 4. The Morgan fingerprint density at radius 2 is 0.667 bits per heavy atom. The maximum atomic E-state index is 14.0. The number of primary amides is 1. The Bertz CT molecular complexity index is 8800. The van der Waals surface area contributed by atoms with Gasteiger partial charge in [0.2, 0.25) is 5.95 Å². The number of fused-ring (bicyclic) bond motifs is 9. The zero-order valence-corrected chi connectivity index (χ0v) is 81.9. The summed E-state index contributed by atoms with van der Waals surface area (Å²) in [6, 6.07) is 38.7. The van der Waals surface area contributed by atoms with E-state index in [2.05, 4.69) is 129 Å². The van der Waals surface area contributed by atoms with E-state index in [0.29, 0.717) is 130 Å². The number of amides is 2. The number of anilines is 6. The molecule has 5 aliphatic rings. The SMILES string of the molecule is CNC(=O)c1[nH]nc2ncnc(N[C@@H](C)c3cc4cccc(Cl)c4c(=O)n3C3CC3)c12.C[C@H](Nc1nc(N)ncc1F)c1cc2cccc(Cl)c2c(=O)n1C1CC1.C[C@H](Nc1ncnc2n[nH]c(C#N)c12)c1cc2cccc(Cl)c2c(=O)n1C1CC1.C[C@H](Nc1ncnc2n[nH]c(C(N)=O)c12)c1cc2cccc(Cl)c2c(=O)n1C1CC1.C[C@H](Nc1ncnc2n[nH]c(Cl)c12)c1cc2cccc(Cl)c2c(=O)n1C1CC1. The number of nitrogens with one attached hydrogen (secondary N) is 10. The molecule has 24 rings (SSSR count). The van der Waals surface area contributed by atoms with E-state index < -0.39 is 11.7 Å². The van der Waals surface area contributed by atoms with Crippen LogP contribution in [-0.4, -0.2) is 132 Å². The fraction of sp³-hybridized carbons (Fsp3) is 0.265. The standard InChI is InChI=1S/C21H20ClN7O2.C20H18ClN7O2.C20H16ClN7O.C19H16Cl2N6O.C18H17ClFN5O/c1-10(26-18-16-17(20(30)23-2)27-28-19(16)25-9-24-18)14-8-11-4-3-5-13(22)15(11)21(31)29(14)12-6-7-12;1-9(25-18-15-16(17(22)29)26-27-19(15)24-8-23-18)13-7-10-3-2-4-12(21)14(10)20(30)28(13)11-5-6-11;1-10(25-18-17-14(8-22)26-27-19(17)24-9-23-18)15-7-11-3-2-4-13(21)16(11)20(29)28(15)12-5-6-12;1-9(24-17-15-16(21)25-26-18(15)23-8-22-17)13-7-10-3-2-4-12(20)14(10)19(28)27(13)11-5-6-11;1-9(23-16-13(20)8-22-18(21)24-16)14-7-10-3-2-4-12(19)15(10)17(26)25(14)11-5-6-11/h3-5,8-10,12H,6-7H2,1-2H3,(H,23,30)(H2,24,25,26,27,28);2-4,7-9,11H,5-6H2,1H3,(H2,22,29)(H2,23,24,25,26,27);2-4,7,9-10,12H,5-6H2,1H3,(H2,23,24,25,26,27);2-4,7-9,11H,5-6H2,1H3,(H2,22,23,24,25,26);2-4,7-9,11H,5-6H2,1H3,(H3,21,22,23,24)/t10-;9-;10-;2*9-/m00000/s1. The van der Waals surface area contributed by atoms with Crippen molar-refractivity contribution in [1.82, 2.24) is 119 Å². The first-order chi connectivity index (χ1) is 69.5. The Kier molecular flexibility index (Phi) is 26.2. The maximum Gasteiger partial charge on any atom is 0.269 e. The van der Waals surface area contributed by atoms with E-state index in [-0.39, 0.29) is 117 Å². The van der Waals surface area contributed by atoms with Crippen molar-refractivity contribution in [3.8, 4) is 6.07 Å². The van der Waals surface area contributed by atoms with Gasteiger partial charge >= 0.3 is 0 Å². The highest BCUT2D eigenvalue weighted by molar-refractivity contribution is 6.38. The summed E-state index contributed by atoms with van der Waals surface area (Å²) in [7, 11) is 1.54. The van der Waals surface area contributed by atoms with Crippen molar-refractivity contribution < 1.29 is 14.0 Å². The number of rotatable bonds is 22. The fourth-order valence-corrected chi connectivity index (χ4v) is 19.8. The van der Waals surface area contributed by atoms with Gasteiger partial charge < -0.3 is 66.2 Å². The van der Waals surface area contributed by atoms with Crippen molar-refractivity contribution in [1.29, 1.82) is 5.26 Å². The number of carbonyl (C=O) groups excluding carboxylic acids is 2. The molecular weight excluding hydrogens is 1970 g/mol. The molecule has 14 heterocycles. The van der Waals surface area contributed by atoms with Crippen molar-refractivity contribution in [3.05, 3.63) is 286 Å². The minimum Gasteiger partial charge on any atom is -0.368 e. The van der Waals surface area contributed by atoms with Crippen LogP contribution < -0.4 is 71.2 Å². The lowest BCUT2D eigenvalue weighted by molar-refractivity contribution is 0.0958. The van der Waals surface area contributed by atoms with Gasteiger partial charge in [-0.05, 0) is 186 Å². The number of nitrogen functional groups attached to an aromatic ring is 1. The number of nitriles is 1. The molecule has 5 atom stereocenters. The number of pyridine rings is 5. The Hall–Kier alpha value is -15.7. The summed E-state index contributed by atoms with van der Waals surface area (Å²) in [5.74, 6) is 0.349. The topological polar surface area (TPSA) is 536 Å². The number of nitrogens with two attached hydrogens (primary N) is 2. The second-order valence-corrected chi connectivity index (χ2v) is 38.1. The molecule has 0 unspecified atom stereocenters. The van der Waals surface area contributed by atoms with E-state index in [0.717, 1.165) is 126 Å². The number of nitrogens with zero attached hydrogens (tertiary/aromatic N) is 20. The molecule has 730 valence electrons. The van der Waals surface area contributed by atoms with Crippen LogP contribution in [0.25, 0.3) is 98.0 Å². The highest BCUT2D eigenvalue weighted by atomic mass is 35.5. The summed E-state index contributed by atoms with van der Waals surface area (Å²) >= 11 is 37.8. The average molecular weight is 2060 g/mol. The van der Waals surface area contributed by atoms with Crippen molar-refractivity contribution in [2.24, 2.45) is 5.73 Å². The number of carbonyl (C=O) groups is 2. The second kappa shape index (κ2) is 39.3. The first-order valence-electron chi connectivity index (χ1n) is 46.2. The predicted molar refractivity (Wildman–Crippen MR) is 552 cm³/mol. The van der Waals surface area contributed by atoms with Crippen LogP contribution in [0, 0.1) is 17.1 Å². The Labute approximate surface area is 843 Å². The van der Waals surface area contributed by atoms with Crippen LogP contribution in [-0.2, 0) is 0 Å². The van der Waals surface area contributed by atoms with Crippen LogP contribution in [0.1, 0.15) is 214 Å². The van der Waals surface area contributed by atoms with Crippen molar-refractivity contribution in [2.75, 3.05) is 39.4 Å². The van der Waals surface area contributed by atoms with Gasteiger partial charge in [-0.25, -0.2) is 49.2 Å². The quantitative estimate of drug-likeness (QED) is 0.0300. The third-order valence-corrected chi connectivity index (χ3v) is 27.6.